The number of rotatable bonds is 2. The molecular weight excluding hydrogens is 228 g/mol. The van der Waals surface area contributed by atoms with Crippen LogP contribution in [0.4, 0.5) is 0 Å². The van der Waals surface area contributed by atoms with E-state index in [4.69, 9.17) is 0 Å². The molecule has 0 radical (unpaired) electrons. The van der Waals surface area contributed by atoms with Crippen molar-refractivity contribution in [1.82, 2.24) is 0 Å². The van der Waals surface area contributed by atoms with Crippen LogP contribution in [0.2, 0.25) is 0 Å². The van der Waals surface area contributed by atoms with Gasteiger partial charge in [-0.25, -0.2) is 0 Å². The van der Waals surface area contributed by atoms with E-state index in [0.717, 1.165) is 35.5 Å². The molecule has 4 unspecified atom stereocenters. The zero-order valence-corrected chi connectivity index (χ0v) is 14.2. The summed E-state index contributed by atoms with van der Waals surface area (Å²) in [5, 5.41) is 0. The lowest BCUT2D eigenvalue weighted by atomic mass is 9.56. The fraction of sp³-hybridized carbons (Fsp3) is 1.00. The Morgan fingerprint density at radius 2 is 0.789 bits per heavy atom. The van der Waals surface area contributed by atoms with Crippen molar-refractivity contribution in [3.05, 3.63) is 0 Å². The molecule has 0 saturated heterocycles. The summed E-state index contributed by atoms with van der Waals surface area (Å²) in [7, 11) is 0. The van der Waals surface area contributed by atoms with E-state index >= 15 is 0 Å². The zero-order chi connectivity index (χ0) is 14.2. The Kier molecular flexibility index (Phi) is 4.68. The quantitative estimate of drug-likeness (QED) is 0.560. The van der Waals surface area contributed by atoms with Crippen LogP contribution in [-0.4, -0.2) is 0 Å². The van der Waals surface area contributed by atoms with Crippen LogP contribution >= 0.6 is 0 Å². The van der Waals surface area contributed by atoms with Crippen molar-refractivity contribution >= 4 is 0 Å². The van der Waals surface area contributed by atoms with Crippen LogP contribution in [0.25, 0.3) is 0 Å². The first-order valence-corrected chi connectivity index (χ1v) is 8.79. The van der Waals surface area contributed by atoms with Gasteiger partial charge < -0.3 is 0 Å². The van der Waals surface area contributed by atoms with Gasteiger partial charge in [0.2, 0.25) is 0 Å². The monoisotopic (exact) mass is 264 g/mol. The Bertz CT molecular complexity index is 242. The van der Waals surface area contributed by atoms with Gasteiger partial charge in [0.1, 0.15) is 0 Å². The van der Waals surface area contributed by atoms with Gasteiger partial charge in [0.15, 0.2) is 0 Å². The maximum atomic E-state index is 2.60. The molecule has 19 heavy (non-hydrogen) atoms. The summed E-state index contributed by atoms with van der Waals surface area (Å²) in [6, 6.07) is 0. The SMILES string of the molecule is CC1CC(C)CC(C(C)(C)C2CC(C)CC(C)C2)C1. The summed E-state index contributed by atoms with van der Waals surface area (Å²) in [6.45, 7) is 15.1. The zero-order valence-electron chi connectivity index (χ0n) is 14.2. The molecule has 0 heteroatoms. The van der Waals surface area contributed by atoms with E-state index in [-0.39, 0.29) is 0 Å². The van der Waals surface area contributed by atoms with Crippen molar-refractivity contribution in [2.45, 2.75) is 80.1 Å². The van der Waals surface area contributed by atoms with Crippen LogP contribution in [0.5, 0.6) is 0 Å². The summed E-state index contributed by atoms with van der Waals surface area (Å²) in [4.78, 5) is 0. The first kappa shape index (κ1) is 15.4. The summed E-state index contributed by atoms with van der Waals surface area (Å²) >= 11 is 0. The van der Waals surface area contributed by atoms with Crippen LogP contribution in [0.15, 0.2) is 0 Å². The number of hydrogen-bond donors (Lipinski definition) is 0. The first-order valence-electron chi connectivity index (χ1n) is 8.79. The van der Waals surface area contributed by atoms with Crippen molar-refractivity contribution < 1.29 is 0 Å². The second-order valence-electron chi connectivity index (χ2n) is 9.05. The average molecular weight is 264 g/mol. The molecule has 0 aromatic heterocycles. The number of hydrogen-bond acceptors (Lipinski definition) is 0. The molecule has 4 atom stereocenters. The largest absolute Gasteiger partial charge is 0.0625 e. The minimum absolute atomic E-state index is 0.561. The fourth-order valence-electron chi connectivity index (χ4n) is 5.44. The van der Waals surface area contributed by atoms with Gasteiger partial charge in [-0.1, -0.05) is 41.5 Å². The predicted octanol–water partition coefficient (Wildman–Crippen LogP) is 6.16. The van der Waals surface area contributed by atoms with E-state index in [1.807, 2.05) is 0 Å². The van der Waals surface area contributed by atoms with Crippen LogP contribution in [0, 0.1) is 40.9 Å². The molecule has 2 saturated carbocycles. The van der Waals surface area contributed by atoms with E-state index in [9.17, 15) is 0 Å². The van der Waals surface area contributed by atoms with E-state index in [1.165, 1.54) is 38.5 Å². The molecule has 2 rings (SSSR count). The summed E-state index contributed by atoms with van der Waals surface area (Å²) in [5.74, 6) is 5.73. The van der Waals surface area contributed by atoms with Crippen molar-refractivity contribution in [1.29, 1.82) is 0 Å². The lowest BCUT2D eigenvalue weighted by Gasteiger charge is -2.49. The Balaban J connectivity index is 2.07. The molecule has 0 aromatic rings. The van der Waals surface area contributed by atoms with E-state index < -0.39 is 0 Å². The van der Waals surface area contributed by atoms with Gasteiger partial charge in [0.05, 0.1) is 0 Å². The first-order chi connectivity index (χ1) is 8.79. The molecular formula is C19H36. The molecule has 0 aromatic carbocycles. The fourth-order valence-corrected chi connectivity index (χ4v) is 5.44. The molecule has 2 fully saturated rings. The highest BCUT2D eigenvalue weighted by Crippen LogP contribution is 2.51. The molecule has 0 heterocycles. The van der Waals surface area contributed by atoms with Gasteiger partial charge in [-0.2, -0.15) is 0 Å². The van der Waals surface area contributed by atoms with Crippen LogP contribution in [0.3, 0.4) is 0 Å². The molecule has 0 spiro atoms. The van der Waals surface area contributed by atoms with Gasteiger partial charge in [-0.15, -0.1) is 0 Å². The standard InChI is InChI=1S/C19H36/c1-13-7-14(2)10-17(9-13)19(5,6)18-11-15(3)8-16(4)12-18/h13-18H,7-12H2,1-6H3. The van der Waals surface area contributed by atoms with E-state index in [2.05, 4.69) is 41.5 Å². The van der Waals surface area contributed by atoms with Crippen LogP contribution < -0.4 is 0 Å². The van der Waals surface area contributed by atoms with Gasteiger partial charge in [0.25, 0.3) is 0 Å². The average Bonchev–Trinajstić information content (AvgIpc) is 2.26. The summed E-state index contributed by atoms with van der Waals surface area (Å²) < 4.78 is 0. The minimum Gasteiger partial charge on any atom is -0.0625 e. The molecule has 2 aliphatic rings. The predicted molar refractivity (Wildman–Crippen MR) is 85.1 cm³/mol. The second-order valence-corrected chi connectivity index (χ2v) is 9.05. The van der Waals surface area contributed by atoms with Crippen LogP contribution in [-0.2, 0) is 0 Å². The van der Waals surface area contributed by atoms with E-state index in [1.54, 1.807) is 0 Å². The molecule has 112 valence electrons. The molecule has 0 aliphatic heterocycles. The van der Waals surface area contributed by atoms with Gasteiger partial charge >= 0.3 is 0 Å². The lowest BCUT2D eigenvalue weighted by molar-refractivity contribution is 0.00959. The third kappa shape index (κ3) is 3.56. The Morgan fingerprint density at radius 1 is 0.526 bits per heavy atom. The lowest BCUT2D eigenvalue weighted by Crippen LogP contribution is -2.40. The van der Waals surface area contributed by atoms with Crippen molar-refractivity contribution in [3.8, 4) is 0 Å². The highest BCUT2D eigenvalue weighted by atomic mass is 14.5. The highest BCUT2D eigenvalue weighted by Gasteiger charge is 2.42. The minimum atomic E-state index is 0.561. The van der Waals surface area contributed by atoms with Crippen molar-refractivity contribution in [3.63, 3.8) is 0 Å². The molecule has 0 N–H and O–H groups in total. The Morgan fingerprint density at radius 3 is 1.05 bits per heavy atom. The van der Waals surface area contributed by atoms with Crippen molar-refractivity contribution in [2.75, 3.05) is 0 Å². The third-order valence-electron chi connectivity index (χ3n) is 6.46. The summed E-state index contributed by atoms with van der Waals surface area (Å²) in [5.41, 5.74) is 0.561. The highest BCUT2D eigenvalue weighted by molar-refractivity contribution is 4.92. The maximum Gasteiger partial charge on any atom is -0.0297 e. The van der Waals surface area contributed by atoms with Crippen LogP contribution in [0.1, 0.15) is 80.1 Å². The second kappa shape index (κ2) is 5.78. The van der Waals surface area contributed by atoms with E-state index in [0.29, 0.717) is 5.41 Å². The normalized spacial score (nSPS) is 45.2. The third-order valence-corrected chi connectivity index (χ3v) is 6.46. The molecule has 0 amide bonds. The smallest absolute Gasteiger partial charge is 0.0297 e. The Labute approximate surface area is 121 Å². The van der Waals surface area contributed by atoms with Gasteiger partial charge in [-0.3, -0.25) is 0 Å². The maximum absolute atomic E-state index is 2.60. The van der Waals surface area contributed by atoms with Gasteiger partial charge in [-0.05, 0) is 79.4 Å². The molecule has 2 aliphatic carbocycles. The Hall–Kier alpha value is 0. The molecule has 0 nitrogen and oxygen atoms in total. The molecule has 0 bridgehead atoms. The van der Waals surface area contributed by atoms with Crippen molar-refractivity contribution in [2.24, 2.45) is 40.9 Å². The van der Waals surface area contributed by atoms with Gasteiger partial charge in [0, 0.05) is 0 Å². The summed E-state index contributed by atoms with van der Waals surface area (Å²) in [6.07, 6.45) is 8.86. The topological polar surface area (TPSA) is 0 Å².